The average molecular weight is 419 g/mol. The van der Waals surface area contributed by atoms with E-state index in [0.717, 1.165) is 18.5 Å². The number of hydrogen-bond donors (Lipinski definition) is 1. The highest BCUT2D eigenvalue weighted by molar-refractivity contribution is 6.10. The van der Waals surface area contributed by atoms with Crippen LogP contribution in [-0.4, -0.2) is 34.2 Å². The van der Waals surface area contributed by atoms with Gasteiger partial charge < -0.3 is 9.84 Å². The molecular weight excluding hydrogens is 397 g/mol. The van der Waals surface area contributed by atoms with Crippen LogP contribution in [0.4, 0.5) is 10.2 Å². The number of ether oxygens (including phenoxy) is 1. The molecule has 1 aromatic carbocycles. The summed E-state index contributed by atoms with van der Waals surface area (Å²) < 4.78 is 20.1. The summed E-state index contributed by atoms with van der Waals surface area (Å²) in [6, 6.07) is 11.9. The fourth-order valence-corrected chi connectivity index (χ4v) is 4.58. The van der Waals surface area contributed by atoms with Crippen molar-refractivity contribution in [3.8, 4) is 17.0 Å². The maximum atomic E-state index is 14.7. The molecule has 158 valence electrons. The Kier molecular flexibility index (Phi) is 4.90. The lowest BCUT2D eigenvalue weighted by Crippen LogP contribution is -2.24. The van der Waals surface area contributed by atoms with Gasteiger partial charge in [0.25, 0.3) is 5.91 Å². The molecule has 1 amide bonds. The number of aliphatic hydroxyl groups is 1. The highest BCUT2D eigenvalue weighted by atomic mass is 19.1. The van der Waals surface area contributed by atoms with Gasteiger partial charge >= 0.3 is 0 Å². The Morgan fingerprint density at radius 3 is 2.77 bits per heavy atom. The van der Waals surface area contributed by atoms with E-state index < -0.39 is 5.82 Å². The topological polar surface area (TPSA) is 75.6 Å². The standard InChI is InChI=1S/C24H22FN3O3/c1-31-20-6-2-4-18(25)22(20)23-17-13-28(24(30)16(17)10-11-26-23)21-7-3-5-19(27-21)14-8-9-15(29)12-14/h2-7,10-11,14-15,29H,8-9,12-13H2,1H3. The second kappa shape index (κ2) is 7.74. The minimum absolute atomic E-state index is 0.190. The summed E-state index contributed by atoms with van der Waals surface area (Å²) >= 11 is 0. The van der Waals surface area contributed by atoms with Gasteiger partial charge in [-0.1, -0.05) is 12.1 Å². The zero-order valence-corrected chi connectivity index (χ0v) is 17.1. The van der Waals surface area contributed by atoms with E-state index in [1.807, 2.05) is 12.1 Å². The van der Waals surface area contributed by atoms with Gasteiger partial charge in [0.1, 0.15) is 17.4 Å². The number of nitrogens with zero attached hydrogens (tertiary/aromatic N) is 3. The van der Waals surface area contributed by atoms with Gasteiger partial charge in [-0.15, -0.1) is 0 Å². The van der Waals surface area contributed by atoms with Crippen LogP contribution >= 0.6 is 0 Å². The van der Waals surface area contributed by atoms with Crippen molar-refractivity contribution in [2.24, 2.45) is 0 Å². The summed E-state index contributed by atoms with van der Waals surface area (Å²) in [7, 11) is 1.48. The zero-order valence-electron chi connectivity index (χ0n) is 17.1. The van der Waals surface area contributed by atoms with E-state index in [-0.39, 0.29) is 30.0 Å². The summed E-state index contributed by atoms with van der Waals surface area (Å²) in [5.74, 6) is 0.462. The van der Waals surface area contributed by atoms with Gasteiger partial charge in [0.15, 0.2) is 0 Å². The first kappa shape index (κ1) is 19.6. The Balaban J connectivity index is 1.53. The van der Waals surface area contributed by atoms with Crippen LogP contribution < -0.4 is 9.64 Å². The molecule has 1 aliphatic carbocycles. The molecule has 1 fully saturated rings. The second-order valence-corrected chi connectivity index (χ2v) is 7.98. The number of aromatic nitrogens is 2. The molecule has 2 aliphatic rings. The number of rotatable bonds is 4. The average Bonchev–Trinajstić information content (AvgIpc) is 3.37. The molecule has 1 saturated carbocycles. The monoisotopic (exact) mass is 419 g/mol. The Morgan fingerprint density at radius 2 is 2.00 bits per heavy atom. The van der Waals surface area contributed by atoms with Crippen LogP contribution in [0.1, 0.15) is 46.8 Å². The number of pyridine rings is 2. The number of hydrogen-bond acceptors (Lipinski definition) is 5. The summed E-state index contributed by atoms with van der Waals surface area (Å²) in [4.78, 5) is 23.9. The van der Waals surface area contributed by atoms with E-state index in [1.165, 1.54) is 19.4 Å². The summed E-state index contributed by atoms with van der Waals surface area (Å²) in [6.45, 7) is 0.249. The van der Waals surface area contributed by atoms with E-state index in [0.29, 0.717) is 34.8 Å². The van der Waals surface area contributed by atoms with Crippen molar-refractivity contribution >= 4 is 11.7 Å². The number of carbonyl (C=O) groups is 1. The maximum absolute atomic E-state index is 14.7. The number of amides is 1. The van der Waals surface area contributed by atoms with Gasteiger partial charge in [0.05, 0.1) is 31.0 Å². The summed E-state index contributed by atoms with van der Waals surface area (Å²) in [5, 5.41) is 9.87. The molecule has 6 nitrogen and oxygen atoms in total. The van der Waals surface area contributed by atoms with E-state index in [2.05, 4.69) is 4.98 Å². The Bertz CT molecular complexity index is 1170. The molecule has 7 heteroatoms. The molecule has 2 aromatic heterocycles. The molecule has 5 rings (SSSR count). The molecule has 0 saturated heterocycles. The van der Waals surface area contributed by atoms with Gasteiger partial charge in [-0.25, -0.2) is 9.37 Å². The van der Waals surface area contributed by atoms with Crippen molar-refractivity contribution < 1.29 is 19.0 Å². The first-order valence-electron chi connectivity index (χ1n) is 10.3. The lowest BCUT2D eigenvalue weighted by molar-refractivity contribution is 0.0995. The predicted molar refractivity (Wildman–Crippen MR) is 114 cm³/mol. The highest BCUT2D eigenvalue weighted by Crippen LogP contribution is 2.39. The van der Waals surface area contributed by atoms with Gasteiger partial charge in [-0.3, -0.25) is 14.7 Å². The molecule has 0 spiro atoms. The van der Waals surface area contributed by atoms with Crippen molar-refractivity contribution in [3.63, 3.8) is 0 Å². The van der Waals surface area contributed by atoms with Crippen molar-refractivity contribution in [1.29, 1.82) is 0 Å². The molecule has 1 aliphatic heterocycles. The molecule has 31 heavy (non-hydrogen) atoms. The van der Waals surface area contributed by atoms with Crippen LogP contribution in [0, 0.1) is 5.82 Å². The predicted octanol–water partition coefficient (Wildman–Crippen LogP) is 4.08. The minimum Gasteiger partial charge on any atom is -0.496 e. The fraction of sp³-hybridized carbons (Fsp3) is 0.292. The van der Waals surface area contributed by atoms with Gasteiger partial charge in [-0.05, 0) is 49.6 Å². The minimum atomic E-state index is -0.453. The Hall–Kier alpha value is -3.32. The molecular formula is C24H22FN3O3. The van der Waals surface area contributed by atoms with Gasteiger partial charge in [0, 0.05) is 28.9 Å². The van der Waals surface area contributed by atoms with Crippen LogP contribution in [0.15, 0.2) is 48.7 Å². The number of benzene rings is 1. The maximum Gasteiger partial charge on any atom is 0.260 e. The number of halogens is 1. The molecule has 3 heterocycles. The third-order valence-electron chi connectivity index (χ3n) is 6.14. The summed E-state index contributed by atoms with van der Waals surface area (Å²) in [6.07, 6.45) is 3.56. The van der Waals surface area contributed by atoms with E-state index in [4.69, 9.17) is 9.72 Å². The first-order valence-corrected chi connectivity index (χ1v) is 10.3. The number of methoxy groups -OCH3 is 1. The molecule has 2 unspecified atom stereocenters. The van der Waals surface area contributed by atoms with Gasteiger partial charge in [0.2, 0.25) is 0 Å². The third-order valence-corrected chi connectivity index (χ3v) is 6.14. The molecule has 0 radical (unpaired) electrons. The smallest absolute Gasteiger partial charge is 0.260 e. The molecule has 0 bridgehead atoms. The van der Waals surface area contributed by atoms with Crippen LogP contribution in [0.2, 0.25) is 0 Å². The van der Waals surface area contributed by atoms with Crippen LogP contribution in [0.25, 0.3) is 11.3 Å². The molecule has 1 N–H and O–H groups in total. The molecule has 2 atom stereocenters. The quantitative estimate of drug-likeness (QED) is 0.690. The normalized spacial score (nSPS) is 20.2. The SMILES string of the molecule is COc1cccc(F)c1-c1nccc2c1CN(c1cccc(C3CCC(O)C3)n1)C2=O. The number of fused-ring (bicyclic) bond motifs is 1. The third kappa shape index (κ3) is 3.35. The van der Waals surface area contributed by atoms with Gasteiger partial charge in [-0.2, -0.15) is 0 Å². The van der Waals surface area contributed by atoms with E-state index >= 15 is 0 Å². The largest absolute Gasteiger partial charge is 0.496 e. The zero-order chi connectivity index (χ0) is 21.5. The lowest BCUT2D eigenvalue weighted by atomic mass is 10.0. The molecule has 3 aromatic rings. The van der Waals surface area contributed by atoms with E-state index in [1.54, 1.807) is 29.2 Å². The van der Waals surface area contributed by atoms with E-state index in [9.17, 15) is 14.3 Å². The van der Waals surface area contributed by atoms with Crippen LogP contribution in [0.5, 0.6) is 5.75 Å². The van der Waals surface area contributed by atoms with Crippen molar-refractivity contribution in [2.75, 3.05) is 12.0 Å². The van der Waals surface area contributed by atoms with Crippen molar-refractivity contribution in [3.05, 3.63) is 71.3 Å². The number of anilines is 1. The lowest BCUT2D eigenvalue weighted by Gasteiger charge is -2.17. The number of aliphatic hydroxyl groups excluding tert-OH is 1. The van der Waals surface area contributed by atoms with Crippen LogP contribution in [0.3, 0.4) is 0 Å². The van der Waals surface area contributed by atoms with Crippen molar-refractivity contribution in [1.82, 2.24) is 9.97 Å². The van der Waals surface area contributed by atoms with Crippen LogP contribution in [-0.2, 0) is 6.54 Å². The first-order chi connectivity index (χ1) is 15.1. The number of carbonyl (C=O) groups excluding carboxylic acids is 1. The Labute approximate surface area is 179 Å². The Morgan fingerprint density at radius 1 is 1.16 bits per heavy atom. The fourth-order valence-electron chi connectivity index (χ4n) is 4.58. The second-order valence-electron chi connectivity index (χ2n) is 7.98. The van der Waals surface area contributed by atoms with Crippen molar-refractivity contribution in [2.45, 2.75) is 37.8 Å². The highest BCUT2D eigenvalue weighted by Gasteiger charge is 2.34. The summed E-state index contributed by atoms with van der Waals surface area (Å²) in [5.41, 5.74) is 2.67.